The minimum Gasteiger partial charge on any atom is -0.309 e. The van der Waals surface area contributed by atoms with Crippen LogP contribution in [0, 0.1) is 0 Å². The third-order valence-electron chi connectivity index (χ3n) is 11.2. The Morgan fingerprint density at radius 3 is 1.57 bits per heavy atom. The Morgan fingerprint density at radius 1 is 0.353 bits per heavy atom. The molecule has 0 fully saturated rings. The molecule has 0 saturated carbocycles. The molecule has 3 heterocycles. The van der Waals surface area contributed by atoms with E-state index >= 15 is 0 Å². The average molecular weight is 665 g/mol. The lowest BCUT2D eigenvalue weighted by atomic mass is 9.63. The van der Waals surface area contributed by atoms with Crippen LogP contribution in [0.5, 0.6) is 0 Å². The highest BCUT2D eigenvalue weighted by Crippen LogP contribution is 2.54. The van der Waals surface area contributed by atoms with E-state index in [0.29, 0.717) is 0 Å². The smallest absolute Gasteiger partial charge is 0.0742 e. The maximum atomic E-state index is 2.51. The predicted octanol–water partition coefficient (Wildman–Crippen LogP) is 14.2. The van der Waals surface area contributed by atoms with Crippen LogP contribution in [-0.2, 0) is 5.41 Å². The molecule has 0 atom stereocenters. The molecule has 0 amide bonds. The fourth-order valence-corrected chi connectivity index (χ4v) is 9.10. The molecule has 1 aliphatic rings. The molecule has 2 heteroatoms. The molecule has 2 nitrogen and oxygen atoms in total. The van der Waals surface area contributed by atoms with Gasteiger partial charge in [-0.25, -0.2) is 0 Å². The van der Waals surface area contributed by atoms with Gasteiger partial charge in [0.15, 0.2) is 0 Å². The summed E-state index contributed by atoms with van der Waals surface area (Å²) in [6.45, 7) is 0. The number of benzene rings is 8. The number of fused-ring (bicyclic) bond motifs is 8. The Hall–Kier alpha value is -6.64. The van der Waals surface area contributed by atoms with E-state index in [1.54, 1.807) is 0 Å². The Kier molecular flexibility index (Phi) is 5.91. The van der Waals surface area contributed by atoms with Gasteiger partial charge in [-0.05, 0) is 81.9 Å². The van der Waals surface area contributed by atoms with Crippen LogP contribution in [0.15, 0.2) is 194 Å². The average Bonchev–Trinajstić information content (AvgIpc) is 3.72. The second-order valence-corrected chi connectivity index (χ2v) is 13.7. The van der Waals surface area contributed by atoms with Gasteiger partial charge >= 0.3 is 0 Å². The number of para-hydroxylation sites is 4. The van der Waals surface area contributed by atoms with Crippen molar-refractivity contribution in [2.75, 3.05) is 0 Å². The topological polar surface area (TPSA) is 9.86 Å². The Morgan fingerprint density at radius 2 is 0.863 bits per heavy atom. The fourth-order valence-electron chi connectivity index (χ4n) is 9.10. The molecule has 0 unspecified atom stereocenters. The first-order chi connectivity index (χ1) is 25.3. The van der Waals surface area contributed by atoms with Crippen molar-refractivity contribution in [1.82, 2.24) is 9.13 Å². The largest absolute Gasteiger partial charge is 0.309 e. The maximum Gasteiger partial charge on any atom is 0.0742 e. The van der Waals surface area contributed by atoms with E-state index in [1.165, 1.54) is 88.4 Å². The number of hydrogen-bond acceptors (Lipinski definition) is 0. The van der Waals surface area contributed by atoms with Gasteiger partial charge < -0.3 is 9.13 Å². The van der Waals surface area contributed by atoms with Gasteiger partial charge in [-0.15, -0.1) is 0 Å². The first-order valence-electron chi connectivity index (χ1n) is 17.7. The predicted molar refractivity (Wildman–Crippen MR) is 229 cm³/mol. The molecule has 0 aliphatic carbocycles. The van der Waals surface area contributed by atoms with E-state index in [1.807, 2.05) is 0 Å². The van der Waals surface area contributed by atoms with Gasteiger partial charge in [0.2, 0.25) is 0 Å². The third kappa shape index (κ3) is 3.82. The Balaban J connectivity index is 0.00000116. The van der Waals surface area contributed by atoms with Gasteiger partial charge in [0.1, 0.15) is 0 Å². The van der Waals surface area contributed by atoms with Crippen molar-refractivity contribution in [3.8, 4) is 22.5 Å². The van der Waals surface area contributed by atoms with E-state index in [2.05, 4.69) is 203 Å². The zero-order valence-electron chi connectivity index (χ0n) is 27.9. The van der Waals surface area contributed by atoms with Gasteiger partial charge in [0.25, 0.3) is 0 Å². The molecular weight excluding hydrogens is 617 g/mol. The molecule has 0 saturated heterocycles. The van der Waals surface area contributed by atoms with E-state index in [-0.39, 0.29) is 11.4 Å². The quantitative estimate of drug-likeness (QED) is 0.177. The lowest BCUT2D eigenvalue weighted by Gasteiger charge is -2.41. The van der Waals surface area contributed by atoms with Crippen molar-refractivity contribution in [2.24, 2.45) is 0 Å². The molecule has 0 bridgehead atoms. The molecule has 0 spiro atoms. The summed E-state index contributed by atoms with van der Waals surface area (Å²) in [7, 11) is 0. The summed E-state index contributed by atoms with van der Waals surface area (Å²) in [4.78, 5) is 0. The first kappa shape index (κ1) is 28.2. The highest BCUT2D eigenvalue weighted by atomic mass is 15.0. The minimum atomic E-state index is -0.468. The number of hydrogen-bond donors (Lipinski definition) is 0. The van der Waals surface area contributed by atoms with Crippen molar-refractivity contribution in [1.29, 1.82) is 0 Å². The minimum absolute atomic E-state index is 0. The van der Waals surface area contributed by atoms with E-state index < -0.39 is 5.41 Å². The second-order valence-electron chi connectivity index (χ2n) is 13.7. The van der Waals surface area contributed by atoms with Gasteiger partial charge in [-0.3, -0.25) is 0 Å². The van der Waals surface area contributed by atoms with Crippen molar-refractivity contribution in [3.05, 3.63) is 216 Å². The lowest BCUT2D eigenvalue weighted by molar-refractivity contribution is 0.728. The molecule has 0 N–H and O–H groups in total. The molecule has 2 aromatic heterocycles. The summed E-state index contributed by atoms with van der Waals surface area (Å²) >= 11 is 0. The molecule has 51 heavy (non-hydrogen) atoms. The Labute approximate surface area is 308 Å². The third-order valence-corrected chi connectivity index (χ3v) is 11.2. The number of aromatic nitrogens is 2. The van der Waals surface area contributed by atoms with Crippen molar-refractivity contribution >= 4 is 43.6 Å². The lowest BCUT2D eigenvalue weighted by Crippen LogP contribution is -2.35. The number of nitrogens with zero attached hydrogens (tertiary/aromatic N) is 2. The van der Waals surface area contributed by atoms with Crippen molar-refractivity contribution < 1.29 is 11.4 Å². The second kappa shape index (κ2) is 10.7. The molecule has 10 aromatic rings. The van der Waals surface area contributed by atoms with Crippen LogP contribution in [0.3, 0.4) is 0 Å². The zero-order valence-corrected chi connectivity index (χ0v) is 27.9. The van der Waals surface area contributed by atoms with Gasteiger partial charge in [0, 0.05) is 38.6 Å². The zero-order chi connectivity index (χ0) is 33.5. The number of rotatable bonds is 4. The van der Waals surface area contributed by atoms with Crippen LogP contribution >= 0.6 is 0 Å². The van der Waals surface area contributed by atoms with E-state index in [0.717, 1.165) is 0 Å². The highest BCUT2D eigenvalue weighted by molar-refractivity contribution is 6.14. The summed E-state index contributed by atoms with van der Waals surface area (Å²) in [5.41, 5.74) is 14.5. The van der Waals surface area contributed by atoms with Crippen molar-refractivity contribution in [3.63, 3.8) is 0 Å². The standard InChI is InChI=1S/C49H32N2.8H2/c1-4-15-35(16-5-1)49(36-17-6-2-7-18-36)42-23-11-13-26-47(42)51-46-30-28-34(32-41(46)39-22-14-24-43(49)48(39)51)33-27-29-45-40(31-33)38-21-10-12-25-44(38)50(45)37-19-8-3-9-20-37;;;;;;;;/h1-32H;8*1H. The normalized spacial score (nSPS) is 13.3. The summed E-state index contributed by atoms with van der Waals surface area (Å²) in [5, 5.41) is 5.07. The monoisotopic (exact) mass is 664 g/mol. The molecule has 11 rings (SSSR count). The van der Waals surface area contributed by atoms with Gasteiger partial charge in [-0.1, -0.05) is 146 Å². The first-order valence-corrected chi connectivity index (χ1v) is 17.7. The summed E-state index contributed by atoms with van der Waals surface area (Å²) in [6, 6.07) is 71.5. The van der Waals surface area contributed by atoms with Crippen LogP contribution < -0.4 is 0 Å². The van der Waals surface area contributed by atoms with Crippen LogP contribution in [0.4, 0.5) is 0 Å². The fraction of sp³-hybridized carbons (Fsp3) is 0.0204. The summed E-state index contributed by atoms with van der Waals surface area (Å²) in [6.07, 6.45) is 0. The van der Waals surface area contributed by atoms with Gasteiger partial charge in [0.05, 0.1) is 33.2 Å². The molecule has 8 aromatic carbocycles. The van der Waals surface area contributed by atoms with Crippen molar-refractivity contribution in [2.45, 2.75) is 5.41 Å². The SMILES string of the molecule is [HH].[HH].[HH].[HH].[HH].[HH].[HH].[HH].c1ccc(-n2c3ccccc3c3cc(-c4ccc5c(c4)c4cccc6c4n5-c4ccccc4C6(c4ccccc4)c4ccccc4)ccc32)cc1. The van der Waals surface area contributed by atoms with Crippen LogP contribution in [0.1, 0.15) is 33.7 Å². The van der Waals surface area contributed by atoms with E-state index in [9.17, 15) is 0 Å². The highest BCUT2D eigenvalue weighted by Gasteiger charge is 2.45. The molecule has 254 valence electrons. The maximum absolute atomic E-state index is 2.51. The Bertz CT molecular complexity index is 2940. The van der Waals surface area contributed by atoms with Crippen LogP contribution in [0.25, 0.3) is 66.1 Å². The molecule has 0 radical (unpaired) electrons. The van der Waals surface area contributed by atoms with Crippen LogP contribution in [0.2, 0.25) is 0 Å². The van der Waals surface area contributed by atoms with Crippen LogP contribution in [-0.4, -0.2) is 9.13 Å². The summed E-state index contributed by atoms with van der Waals surface area (Å²) < 4.78 is 4.89. The van der Waals surface area contributed by atoms with Gasteiger partial charge in [-0.2, -0.15) is 0 Å². The van der Waals surface area contributed by atoms with E-state index in [4.69, 9.17) is 0 Å². The molecule has 1 aliphatic heterocycles. The summed E-state index contributed by atoms with van der Waals surface area (Å²) in [5.74, 6) is 0. The molecular formula is C49H48N2.